The molecule has 0 aliphatic carbocycles. The normalized spacial score (nSPS) is 13.1. The number of azo groups is 1. The Labute approximate surface area is 431 Å². The molecule has 3 atom stereocenters. The minimum Gasteiger partial charge on any atom is -0.497 e. The maximum atomic E-state index is 14.0. The number of benzene rings is 5. The predicted molar refractivity (Wildman–Crippen MR) is 277 cm³/mol. The molecule has 0 bridgehead atoms. The molecule has 3 unspecified atom stereocenters. The first kappa shape index (κ1) is 55.9. The molecule has 5 aromatic carbocycles. The molecule has 0 spiro atoms. The highest BCUT2D eigenvalue weighted by Crippen LogP contribution is 2.42. The fourth-order valence-electron chi connectivity index (χ4n) is 7.62. The number of carbonyl (C=O) groups is 4. The maximum Gasteiger partial charge on any atom is 0.343 e. The highest BCUT2D eigenvalue weighted by molar-refractivity contribution is 9.10. The summed E-state index contributed by atoms with van der Waals surface area (Å²) in [5, 5.41) is 17.4. The third-order valence-electron chi connectivity index (χ3n) is 11.7. The first-order chi connectivity index (χ1) is 34.7. The van der Waals surface area contributed by atoms with Crippen LogP contribution in [0.15, 0.2) is 132 Å². The van der Waals surface area contributed by atoms with Crippen LogP contribution in [0.3, 0.4) is 0 Å². The van der Waals surface area contributed by atoms with Crippen LogP contribution >= 0.6 is 15.9 Å². The number of hydrogen-bond acceptors (Lipinski definition) is 14. The summed E-state index contributed by atoms with van der Waals surface area (Å²) < 4.78 is 38.2. The molecule has 0 aliphatic rings. The Morgan fingerprint density at radius 1 is 0.597 bits per heavy atom. The highest BCUT2D eigenvalue weighted by atomic mass is 79.9. The van der Waals surface area contributed by atoms with Crippen LogP contribution in [-0.2, 0) is 28.6 Å². The van der Waals surface area contributed by atoms with Crippen molar-refractivity contribution >= 4 is 51.2 Å². The lowest BCUT2D eigenvalue weighted by Gasteiger charge is -2.35. The van der Waals surface area contributed by atoms with Gasteiger partial charge in [-0.15, -0.1) is 0 Å². The Hall–Kier alpha value is -7.05. The molecule has 72 heavy (non-hydrogen) atoms. The number of methoxy groups -OCH3 is 1. The van der Waals surface area contributed by atoms with E-state index in [1.54, 1.807) is 106 Å². The molecule has 0 saturated carbocycles. The first-order valence-corrected chi connectivity index (χ1v) is 25.1. The van der Waals surface area contributed by atoms with Gasteiger partial charge in [-0.05, 0) is 173 Å². The Kier molecular flexibility index (Phi) is 22.3. The van der Waals surface area contributed by atoms with E-state index in [0.717, 1.165) is 49.0 Å². The number of hydrogen-bond donors (Lipinski definition) is 0. The van der Waals surface area contributed by atoms with E-state index < -0.39 is 33.6 Å². The molecule has 0 aliphatic heterocycles. The molecule has 0 heterocycles. The molecular formula is C57H64BrN3O11. The zero-order valence-electron chi connectivity index (χ0n) is 41.7. The van der Waals surface area contributed by atoms with Crippen molar-refractivity contribution < 1.29 is 52.3 Å². The Morgan fingerprint density at radius 3 is 1.68 bits per heavy atom. The molecule has 0 amide bonds. The molecule has 15 heteroatoms. The molecular weight excluding hydrogens is 983 g/mol. The van der Waals surface area contributed by atoms with Crippen LogP contribution in [-0.4, -0.2) is 68.3 Å². The van der Waals surface area contributed by atoms with Crippen molar-refractivity contribution in [2.75, 3.05) is 40.1 Å². The van der Waals surface area contributed by atoms with Gasteiger partial charge in [0.15, 0.2) is 0 Å². The van der Waals surface area contributed by atoms with Crippen molar-refractivity contribution in [2.24, 2.45) is 21.6 Å². The third-order valence-corrected chi connectivity index (χ3v) is 12.3. The number of nitriles is 1. The summed E-state index contributed by atoms with van der Waals surface area (Å²) in [5.41, 5.74) is 2.91. The summed E-state index contributed by atoms with van der Waals surface area (Å²) in [5.74, 6) is -0.159. The van der Waals surface area contributed by atoms with Gasteiger partial charge in [-0.3, -0.25) is 14.4 Å². The lowest BCUT2D eigenvalue weighted by molar-refractivity contribution is -0.161. The number of esters is 4. The standard InChI is InChI=1S/C57H64BrN3O11/c1-6-8-33-69-52(62)42(7-2)38-56(3,40-57(4,58)55(65)71-37-36-68-50-31-23-47(24-32-50)61-60-46-21-13-41(39-59)14-22-46)54(64)70-35-12-10-9-11-34-67-49-27-19-45(20-28-49)53(63)72-51-29-17-44(18-30-51)43-15-25-48(66-5)26-16-43/h13-32,42H,6-12,33-38,40H2,1-5H3. The highest BCUT2D eigenvalue weighted by Gasteiger charge is 2.47. The van der Waals surface area contributed by atoms with E-state index in [4.69, 9.17) is 38.4 Å². The fourth-order valence-corrected chi connectivity index (χ4v) is 8.35. The van der Waals surface area contributed by atoms with Crippen molar-refractivity contribution in [3.05, 3.63) is 132 Å². The predicted octanol–water partition coefficient (Wildman–Crippen LogP) is 13.3. The molecule has 380 valence electrons. The summed E-state index contributed by atoms with van der Waals surface area (Å²) in [6.07, 6.45) is 5.13. The molecule has 14 nitrogen and oxygen atoms in total. The van der Waals surface area contributed by atoms with Gasteiger partial charge in [0.1, 0.15) is 40.5 Å². The van der Waals surface area contributed by atoms with Crippen LogP contribution in [0.2, 0.25) is 0 Å². The SMILES string of the molecule is CCCCOC(=O)C(CC)CC(C)(CC(C)(Br)C(=O)OCCOc1ccc(N=Nc2ccc(C#N)cc2)cc1)C(=O)OCCCCCCOc1ccc(C(=O)Oc2ccc(-c3ccc(OC)cc3)cc2)cc1. The van der Waals surface area contributed by atoms with Crippen LogP contribution in [0.1, 0.15) is 101 Å². The van der Waals surface area contributed by atoms with Crippen molar-refractivity contribution in [1.29, 1.82) is 5.26 Å². The van der Waals surface area contributed by atoms with Crippen LogP contribution in [0.5, 0.6) is 23.0 Å². The summed E-state index contributed by atoms with van der Waals surface area (Å²) in [6.45, 7) is 8.18. The zero-order valence-corrected chi connectivity index (χ0v) is 43.3. The maximum absolute atomic E-state index is 14.0. The molecule has 0 fully saturated rings. The number of unbranched alkanes of at least 4 members (excludes halogenated alkanes) is 4. The number of nitrogens with zero attached hydrogens (tertiary/aromatic N) is 3. The second kappa shape index (κ2) is 28.7. The summed E-state index contributed by atoms with van der Waals surface area (Å²) in [7, 11) is 1.63. The van der Waals surface area contributed by atoms with E-state index in [2.05, 4.69) is 32.2 Å². The number of carbonyl (C=O) groups excluding carboxylic acids is 4. The van der Waals surface area contributed by atoms with Gasteiger partial charge in [0.25, 0.3) is 0 Å². The van der Waals surface area contributed by atoms with Crippen molar-refractivity contribution in [3.63, 3.8) is 0 Å². The van der Waals surface area contributed by atoms with E-state index in [0.29, 0.717) is 65.8 Å². The molecule has 0 aromatic heterocycles. The number of alkyl halides is 1. The monoisotopic (exact) mass is 1050 g/mol. The largest absolute Gasteiger partial charge is 0.497 e. The van der Waals surface area contributed by atoms with Gasteiger partial charge >= 0.3 is 23.9 Å². The molecule has 5 rings (SSSR count). The van der Waals surface area contributed by atoms with Crippen LogP contribution < -0.4 is 18.9 Å². The topological polar surface area (TPSA) is 181 Å². The van der Waals surface area contributed by atoms with E-state index in [1.165, 1.54) is 0 Å². The molecule has 0 radical (unpaired) electrons. The Balaban J connectivity index is 1.04. The summed E-state index contributed by atoms with van der Waals surface area (Å²) in [4.78, 5) is 53.5. The van der Waals surface area contributed by atoms with Gasteiger partial charge < -0.3 is 33.2 Å². The van der Waals surface area contributed by atoms with Crippen LogP contribution in [0.25, 0.3) is 11.1 Å². The fraction of sp³-hybridized carbons (Fsp3) is 0.386. The Morgan fingerprint density at radius 2 is 1.11 bits per heavy atom. The number of halogens is 1. The third kappa shape index (κ3) is 18.0. The van der Waals surface area contributed by atoms with Crippen LogP contribution in [0, 0.1) is 22.7 Å². The summed E-state index contributed by atoms with van der Waals surface area (Å²) in [6, 6.07) is 37.6. The van der Waals surface area contributed by atoms with Gasteiger partial charge in [0.05, 0.1) is 66.8 Å². The van der Waals surface area contributed by atoms with Crippen molar-refractivity contribution in [3.8, 4) is 40.2 Å². The molecule has 0 saturated heterocycles. The van der Waals surface area contributed by atoms with Gasteiger partial charge in [-0.1, -0.05) is 60.5 Å². The second-order valence-corrected chi connectivity index (χ2v) is 19.4. The van der Waals surface area contributed by atoms with Crippen LogP contribution in [0.4, 0.5) is 11.4 Å². The average molecular weight is 1050 g/mol. The minimum absolute atomic E-state index is 0.00487. The minimum atomic E-state index is -1.30. The van der Waals surface area contributed by atoms with Gasteiger partial charge in [0.2, 0.25) is 0 Å². The number of ether oxygens (including phenoxy) is 7. The van der Waals surface area contributed by atoms with E-state index >= 15 is 0 Å². The van der Waals surface area contributed by atoms with E-state index in [-0.39, 0.29) is 38.6 Å². The van der Waals surface area contributed by atoms with E-state index in [9.17, 15) is 19.2 Å². The lowest BCUT2D eigenvalue weighted by atomic mass is 9.74. The quantitative estimate of drug-likeness (QED) is 0.0111. The smallest absolute Gasteiger partial charge is 0.343 e. The zero-order chi connectivity index (χ0) is 51.8. The molecule has 0 N–H and O–H groups in total. The lowest BCUT2D eigenvalue weighted by Crippen LogP contribution is -2.43. The molecule has 5 aromatic rings. The van der Waals surface area contributed by atoms with Crippen molar-refractivity contribution in [2.45, 2.75) is 89.8 Å². The van der Waals surface area contributed by atoms with Crippen molar-refractivity contribution in [1.82, 2.24) is 0 Å². The Bertz CT molecular complexity index is 2560. The summed E-state index contributed by atoms with van der Waals surface area (Å²) >= 11 is 3.55. The average Bonchev–Trinajstić information content (AvgIpc) is 3.39. The second-order valence-electron chi connectivity index (χ2n) is 17.7. The first-order valence-electron chi connectivity index (χ1n) is 24.3. The van der Waals surface area contributed by atoms with Gasteiger partial charge in [-0.2, -0.15) is 15.5 Å². The van der Waals surface area contributed by atoms with E-state index in [1.807, 2.05) is 50.2 Å². The number of rotatable bonds is 29. The van der Waals surface area contributed by atoms with Gasteiger partial charge in [0, 0.05) is 0 Å². The van der Waals surface area contributed by atoms with Gasteiger partial charge in [-0.25, -0.2) is 4.79 Å².